The van der Waals surface area contributed by atoms with Crippen LogP contribution < -0.4 is 5.73 Å². The van der Waals surface area contributed by atoms with E-state index in [0.717, 1.165) is 5.56 Å². The van der Waals surface area contributed by atoms with Gasteiger partial charge < -0.3 is 10.6 Å². The van der Waals surface area contributed by atoms with Gasteiger partial charge in [-0.1, -0.05) is 0 Å². The van der Waals surface area contributed by atoms with E-state index in [9.17, 15) is 9.59 Å². The summed E-state index contributed by atoms with van der Waals surface area (Å²) in [5.74, 6) is -0.669. The molecule has 1 atom stereocenters. The zero-order valence-corrected chi connectivity index (χ0v) is 9.00. The molecule has 0 bridgehead atoms. The van der Waals surface area contributed by atoms with Crippen molar-refractivity contribution in [2.75, 3.05) is 6.54 Å². The van der Waals surface area contributed by atoms with Crippen molar-refractivity contribution in [2.45, 2.75) is 13.0 Å². The van der Waals surface area contributed by atoms with Crippen molar-refractivity contribution in [3.8, 4) is 0 Å². The molecule has 0 aromatic carbocycles. The molecule has 1 aromatic heterocycles. The number of carbonyl (C=O) groups excluding carboxylic acids is 2. The second kappa shape index (κ2) is 4.02. The van der Waals surface area contributed by atoms with E-state index in [1.807, 2.05) is 16.8 Å². The summed E-state index contributed by atoms with van der Waals surface area (Å²) in [6.07, 6.45) is 0.263. The second-order valence-electron chi connectivity index (χ2n) is 3.71. The van der Waals surface area contributed by atoms with Gasteiger partial charge in [0.25, 0.3) is 0 Å². The Kier molecular flexibility index (Phi) is 2.73. The lowest BCUT2D eigenvalue weighted by Crippen LogP contribution is -2.28. The van der Waals surface area contributed by atoms with E-state index < -0.39 is 0 Å². The van der Waals surface area contributed by atoms with Gasteiger partial charge in [0.2, 0.25) is 11.8 Å². The number of carbonyl (C=O) groups is 2. The minimum absolute atomic E-state index is 0.0185. The van der Waals surface area contributed by atoms with E-state index in [0.29, 0.717) is 13.1 Å². The molecular formula is C10H12N2O2S. The number of thiophene rings is 1. The summed E-state index contributed by atoms with van der Waals surface area (Å²) in [4.78, 5) is 24.2. The lowest BCUT2D eigenvalue weighted by atomic mass is 10.1. The van der Waals surface area contributed by atoms with Gasteiger partial charge in [-0.2, -0.15) is 11.3 Å². The number of rotatable bonds is 3. The number of nitrogens with zero attached hydrogens (tertiary/aromatic N) is 1. The van der Waals surface area contributed by atoms with Crippen molar-refractivity contribution >= 4 is 23.2 Å². The molecule has 2 amide bonds. The van der Waals surface area contributed by atoms with Crippen LogP contribution in [0.1, 0.15) is 12.0 Å². The smallest absolute Gasteiger partial charge is 0.223 e. The molecule has 0 aliphatic carbocycles. The number of likely N-dealkylation sites (tertiary alicyclic amines) is 1. The summed E-state index contributed by atoms with van der Waals surface area (Å²) in [7, 11) is 0. The number of nitrogens with two attached hydrogens (primary N) is 1. The molecule has 1 aliphatic rings. The normalized spacial score (nSPS) is 20.9. The van der Waals surface area contributed by atoms with Gasteiger partial charge in [0.05, 0.1) is 5.92 Å². The highest BCUT2D eigenvalue weighted by Gasteiger charge is 2.32. The van der Waals surface area contributed by atoms with E-state index >= 15 is 0 Å². The van der Waals surface area contributed by atoms with Gasteiger partial charge in [-0.15, -0.1) is 0 Å². The maximum Gasteiger partial charge on any atom is 0.223 e. The lowest BCUT2D eigenvalue weighted by Gasteiger charge is -2.14. The highest BCUT2D eigenvalue weighted by atomic mass is 32.1. The van der Waals surface area contributed by atoms with Crippen molar-refractivity contribution in [3.05, 3.63) is 22.4 Å². The highest BCUT2D eigenvalue weighted by molar-refractivity contribution is 7.07. The van der Waals surface area contributed by atoms with Crippen molar-refractivity contribution in [1.29, 1.82) is 0 Å². The minimum Gasteiger partial charge on any atom is -0.369 e. The molecule has 1 aromatic rings. The molecule has 2 heterocycles. The van der Waals surface area contributed by atoms with Gasteiger partial charge in [-0.3, -0.25) is 9.59 Å². The number of amides is 2. The highest BCUT2D eigenvalue weighted by Crippen LogP contribution is 2.20. The average molecular weight is 224 g/mol. The van der Waals surface area contributed by atoms with Crippen molar-refractivity contribution in [2.24, 2.45) is 11.7 Å². The van der Waals surface area contributed by atoms with Crippen LogP contribution in [-0.4, -0.2) is 23.3 Å². The summed E-state index contributed by atoms with van der Waals surface area (Å²) in [5.41, 5.74) is 6.29. The first-order valence-electron chi connectivity index (χ1n) is 4.75. The van der Waals surface area contributed by atoms with Crippen LogP contribution in [-0.2, 0) is 16.1 Å². The number of hydrogen-bond donors (Lipinski definition) is 1. The van der Waals surface area contributed by atoms with Crippen LogP contribution >= 0.6 is 11.3 Å². The fourth-order valence-electron chi connectivity index (χ4n) is 1.72. The SMILES string of the molecule is NC(=O)C1CC(=O)N(Cc2ccsc2)C1. The third-order valence-corrected chi connectivity index (χ3v) is 3.30. The first kappa shape index (κ1) is 10.2. The zero-order valence-electron chi connectivity index (χ0n) is 8.18. The van der Waals surface area contributed by atoms with Crippen molar-refractivity contribution < 1.29 is 9.59 Å². The molecule has 15 heavy (non-hydrogen) atoms. The summed E-state index contributed by atoms with van der Waals surface area (Å²) in [6.45, 7) is 1.05. The molecule has 0 saturated carbocycles. The van der Waals surface area contributed by atoms with Crippen LogP contribution in [0.5, 0.6) is 0 Å². The largest absolute Gasteiger partial charge is 0.369 e. The Hall–Kier alpha value is -1.36. The predicted molar refractivity (Wildman–Crippen MR) is 57.0 cm³/mol. The molecule has 0 radical (unpaired) electrons. The Labute approximate surface area is 91.7 Å². The fourth-order valence-corrected chi connectivity index (χ4v) is 2.38. The molecule has 0 spiro atoms. The van der Waals surface area contributed by atoms with E-state index in [1.165, 1.54) is 0 Å². The Morgan fingerprint density at radius 3 is 3.00 bits per heavy atom. The summed E-state index contributed by atoms with van der Waals surface area (Å²) in [5, 5.41) is 3.98. The molecule has 4 nitrogen and oxygen atoms in total. The van der Waals surface area contributed by atoms with Crippen LogP contribution in [0, 0.1) is 5.92 Å². The molecule has 2 rings (SSSR count). The van der Waals surface area contributed by atoms with Crippen LogP contribution in [0.4, 0.5) is 0 Å². The maximum atomic E-state index is 11.5. The monoisotopic (exact) mass is 224 g/mol. The first-order valence-corrected chi connectivity index (χ1v) is 5.69. The fraction of sp³-hybridized carbons (Fsp3) is 0.400. The minimum atomic E-state index is -0.379. The Morgan fingerprint density at radius 1 is 1.67 bits per heavy atom. The molecule has 2 N–H and O–H groups in total. The van der Waals surface area contributed by atoms with Crippen LogP contribution in [0.15, 0.2) is 16.8 Å². The van der Waals surface area contributed by atoms with Crippen molar-refractivity contribution in [1.82, 2.24) is 4.90 Å². The van der Waals surface area contributed by atoms with Crippen LogP contribution in [0.2, 0.25) is 0 Å². The lowest BCUT2D eigenvalue weighted by molar-refractivity contribution is -0.128. The first-order chi connectivity index (χ1) is 7.16. The molecule has 1 aliphatic heterocycles. The van der Waals surface area contributed by atoms with Gasteiger partial charge in [-0.25, -0.2) is 0 Å². The van der Waals surface area contributed by atoms with E-state index in [2.05, 4.69) is 0 Å². The van der Waals surface area contributed by atoms with E-state index in [1.54, 1.807) is 16.2 Å². The van der Waals surface area contributed by atoms with Crippen LogP contribution in [0.3, 0.4) is 0 Å². The topological polar surface area (TPSA) is 63.4 Å². The Morgan fingerprint density at radius 2 is 2.47 bits per heavy atom. The summed E-state index contributed by atoms with van der Waals surface area (Å²) >= 11 is 1.60. The zero-order chi connectivity index (χ0) is 10.8. The number of primary amides is 1. The summed E-state index contributed by atoms with van der Waals surface area (Å²) in [6, 6.07) is 1.98. The van der Waals surface area contributed by atoms with Gasteiger partial charge >= 0.3 is 0 Å². The predicted octanol–water partition coefficient (Wildman–Crippen LogP) is 0.582. The van der Waals surface area contributed by atoms with Crippen molar-refractivity contribution in [3.63, 3.8) is 0 Å². The standard InChI is InChI=1S/C10H12N2O2S/c11-10(14)8-3-9(13)12(5-8)4-7-1-2-15-6-7/h1-2,6,8H,3-5H2,(H2,11,14). The summed E-state index contributed by atoms with van der Waals surface area (Å²) < 4.78 is 0. The van der Waals surface area contributed by atoms with Gasteiger partial charge in [-0.05, 0) is 22.4 Å². The Bertz CT molecular complexity index is 375. The quantitative estimate of drug-likeness (QED) is 0.816. The van der Waals surface area contributed by atoms with E-state index in [-0.39, 0.29) is 24.2 Å². The maximum absolute atomic E-state index is 11.5. The molecule has 1 unspecified atom stereocenters. The van der Waals surface area contributed by atoms with Gasteiger partial charge in [0.1, 0.15) is 0 Å². The molecule has 1 fully saturated rings. The van der Waals surface area contributed by atoms with Crippen LogP contribution in [0.25, 0.3) is 0 Å². The third-order valence-electron chi connectivity index (χ3n) is 2.57. The van der Waals surface area contributed by atoms with Gasteiger partial charge in [0.15, 0.2) is 0 Å². The average Bonchev–Trinajstić information content (AvgIpc) is 2.77. The van der Waals surface area contributed by atoms with E-state index in [4.69, 9.17) is 5.73 Å². The molecule has 5 heteroatoms. The Balaban J connectivity index is 2.00. The second-order valence-corrected chi connectivity index (χ2v) is 4.49. The molecule has 1 saturated heterocycles. The number of hydrogen-bond acceptors (Lipinski definition) is 3. The third kappa shape index (κ3) is 2.18. The molecular weight excluding hydrogens is 212 g/mol. The molecule has 80 valence electrons. The van der Waals surface area contributed by atoms with Gasteiger partial charge in [0, 0.05) is 19.5 Å².